The van der Waals surface area contributed by atoms with Crippen molar-refractivity contribution in [2.75, 3.05) is 0 Å². The molecule has 0 aromatic heterocycles. The van der Waals surface area contributed by atoms with Crippen molar-refractivity contribution in [1.82, 2.24) is 0 Å². The van der Waals surface area contributed by atoms with E-state index in [9.17, 15) is 0 Å². The molecular formula is C6H9O. The Labute approximate surface area is 44.0 Å². The first-order valence-electron chi connectivity index (χ1n) is 1.97. The molecule has 0 rings (SSSR count). The summed E-state index contributed by atoms with van der Waals surface area (Å²) in [7, 11) is 0. The molecule has 1 N–H and O–H groups in total. The SMILES string of the molecule is [CH2]C(O)(C=C)C=C. The van der Waals surface area contributed by atoms with Crippen LogP contribution >= 0.6 is 0 Å². The lowest BCUT2D eigenvalue weighted by atomic mass is 10.1. The molecule has 0 amide bonds. The number of hydrogen-bond donors (Lipinski definition) is 1. The van der Waals surface area contributed by atoms with Crippen molar-refractivity contribution in [1.29, 1.82) is 0 Å². The minimum Gasteiger partial charge on any atom is -0.382 e. The Morgan fingerprint density at radius 3 is 1.57 bits per heavy atom. The summed E-state index contributed by atoms with van der Waals surface area (Å²) in [6.45, 7) is 9.97. The summed E-state index contributed by atoms with van der Waals surface area (Å²) in [6, 6.07) is 0. The van der Waals surface area contributed by atoms with Gasteiger partial charge in [-0.25, -0.2) is 0 Å². The zero-order valence-electron chi connectivity index (χ0n) is 4.22. The third kappa shape index (κ3) is 2.18. The summed E-state index contributed by atoms with van der Waals surface area (Å²) in [5, 5.41) is 8.78. The summed E-state index contributed by atoms with van der Waals surface area (Å²) < 4.78 is 0. The van der Waals surface area contributed by atoms with Crippen molar-refractivity contribution in [3.05, 3.63) is 32.2 Å². The molecule has 0 bridgehead atoms. The van der Waals surface area contributed by atoms with Gasteiger partial charge < -0.3 is 5.11 Å². The molecule has 0 saturated heterocycles. The normalized spacial score (nSPS) is 10.6. The van der Waals surface area contributed by atoms with Gasteiger partial charge in [-0.1, -0.05) is 25.3 Å². The van der Waals surface area contributed by atoms with Crippen LogP contribution in [-0.4, -0.2) is 10.7 Å². The Morgan fingerprint density at radius 2 is 1.57 bits per heavy atom. The molecule has 1 radical (unpaired) electrons. The molecule has 0 fully saturated rings. The first kappa shape index (κ1) is 6.44. The fraction of sp³-hybridized carbons (Fsp3) is 0.167. The van der Waals surface area contributed by atoms with Crippen molar-refractivity contribution in [2.24, 2.45) is 0 Å². The van der Waals surface area contributed by atoms with Gasteiger partial charge in [-0.3, -0.25) is 0 Å². The zero-order chi connectivity index (χ0) is 5.91. The van der Waals surface area contributed by atoms with Crippen LogP contribution in [0.3, 0.4) is 0 Å². The molecule has 0 aliphatic carbocycles. The maximum atomic E-state index is 8.78. The lowest BCUT2D eigenvalue weighted by Crippen LogP contribution is -2.15. The Balaban J connectivity index is 3.82. The second kappa shape index (κ2) is 1.94. The topological polar surface area (TPSA) is 20.2 Å². The largest absolute Gasteiger partial charge is 0.382 e. The lowest BCUT2D eigenvalue weighted by Gasteiger charge is -2.09. The van der Waals surface area contributed by atoms with Crippen LogP contribution in [0.25, 0.3) is 0 Å². The predicted molar refractivity (Wildman–Crippen MR) is 30.7 cm³/mol. The predicted octanol–water partition coefficient (Wildman–Crippen LogP) is 0.924. The van der Waals surface area contributed by atoms with Crippen LogP contribution in [0.4, 0.5) is 0 Å². The van der Waals surface area contributed by atoms with E-state index < -0.39 is 5.60 Å². The second-order valence-electron chi connectivity index (χ2n) is 1.40. The summed E-state index contributed by atoms with van der Waals surface area (Å²) in [4.78, 5) is 0. The third-order valence-electron chi connectivity index (χ3n) is 0.707. The molecule has 0 unspecified atom stereocenters. The Bertz CT molecular complexity index is 72.2. The van der Waals surface area contributed by atoms with E-state index in [1.807, 2.05) is 0 Å². The minimum atomic E-state index is -1.14. The molecule has 0 aromatic carbocycles. The van der Waals surface area contributed by atoms with E-state index in [2.05, 4.69) is 20.1 Å². The fourth-order valence-corrected chi connectivity index (χ4v) is 0.0833. The minimum absolute atomic E-state index is 1.14. The highest BCUT2D eigenvalue weighted by Gasteiger charge is 2.06. The van der Waals surface area contributed by atoms with Gasteiger partial charge in [0.1, 0.15) is 5.60 Å². The molecule has 0 aliphatic rings. The smallest absolute Gasteiger partial charge is 0.100 e. The van der Waals surface area contributed by atoms with E-state index in [0.717, 1.165) is 0 Å². The number of hydrogen-bond acceptors (Lipinski definition) is 1. The highest BCUT2D eigenvalue weighted by molar-refractivity contribution is 5.09. The third-order valence-corrected chi connectivity index (χ3v) is 0.707. The standard InChI is InChI=1S/C6H9O/c1-4-6(3,7)5-2/h4-5,7H,1-3H2. The average Bonchev–Trinajstić information content (AvgIpc) is 1.68. The van der Waals surface area contributed by atoms with Gasteiger partial charge in [0.05, 0.1) is 0 Å². The van der Waals surface area contributed by atoms with Gasteiger partial charge in [0.2, 0.25) is 0 Å². The first-order chi connectivity index (χ1) is 3.12. The summed E-state index contributed by atoms with van der Waals surface area (Å²) in [6.07, 6.45) is 2.64. The molecule has 1 heteroatoms. The summed E-state index contributed by atoms with van der Waals surface area (Å²) >= 11 is 0. The second-order valence-corrected chi connectivity index (χ2v) is 1.40. The maximum Gasteiger partial charge on any atom is 0.100 e. The van der Waals surface area contributed by atoms with Gasteiger partial charge >= 0.3 is 0 Å². The van der Waals surface area contributed by atoms with E-state index in [1.54, 1.807) is 0 Å². The van der Waals surface area contributed by atoms with Crippen LogP contribution in [0, 0.1) is 6.92 Å². The summed E-state index contributed by atoms with van der Waals surface area (Å²) in [5.41, 5.74) is -1.14. The Kier molecular flexibility index (Phi) is 1.78. The van der Waals surface area contributed by atoms with Gasteiger partial charge in [0.25, 0.3) is 0 Å². The molecule has 39 valence electrons. The van der Waals surface area contributed by atoms with Gasteiger partial charge in [-0.15, -0.1) is 0 Å². The summed E-state index contributed by atoms with van der Waals surface area (Å²) in [5.74, 6) is 0. The number of aliphatic hydroxyl groups is 1. The monoisotopic (exact) mass is 97.1 g/mol. The van der Waals surface area contributed by atoms with Crippen molar-refractivity contribution in [3.8, 4) is 0 Å². The molecule has 0 saturated carbocycles. The molecule has 7 heavy (non-hydrogen) atoms. The molecular weight excluding hydrogens is 88.1 g/mol. The van der Waals surface area contributed by atoms with E-state index in [4.69, 9.17) is 5.11 Å². The van der Waals surface area contributed by atoms with Crippen LogP contribution in [0.1, 0.15) is 0 Å². The molecule has 0 spiro atoms. The van der Waals surface area contributed by atoms with Crippen molar-refractivity contribution in [3.63, 3.8) is 0 Å². The van der Waals surface area contributed by atoms with Gasteiger partial charge in [0.15, 0.2) is 0 Å². The molecule has 1 nitrogen and oxygen atoms in total. The molecule has 0 atom stereocenters. The van der Waals surface area contributed by atoms with Gasteiger partial charge in [-0.2, -0.15) is 0 Å². The maximum absolute atomic E-state index is 8.78. The van der Waals surface area contributed by atoms with Crippen LogP contribution in [-0.2, 0) is 0 Å². The van der Waals surface area contributed by atoms with Crippen LogP contribution in [0.2, 0.25) is 0 Å². The van der Waals surface area contributed by atoms with E-state index in [-0.39, 0.29) is 0 Å². The van der Waals surface area contributed by atoms with Crippen molar-refractivity contribution < 1.29 is 5.11 Å². The van der Waals surface area contributed by atoms with E-state index >= 15 is 0 Å². The van der Waals surface area contributed by atoms with E-state index in [1.165, 1.54) is 12.2 Å². The van der Waals surface area contributed by atoms with Crippen LogP contribution in [0.5, 0.6) is 0 Å². The lowest BCUT2D eigenvalue weighted by molar-refractivity contribution is 0.192. The van der Waals surface area contributed by atoms with Crippen molar-refractivity contribution >= 4 is 0 Å². The number of rotatable bonds is 2. The Morgan fingerprint density at radius 1 is 1.29 bits per heavy atom. The van der Waals surface area contributed by atoms with Gasteiger partial charge in [-0.05, 0) is 6.92 Å². The fourth-order valence-electron chi connectivity index (χ4n) is 0.0833. The molecule has 0 aromatic rings. The highest BCUT2D eigenvalue weighted by Crippen LogP contribution is 2.01. The van der Waals surface area contributed by atoms with Crippen molar-refractivity contribution in [2.45, 2.75) is 5.60 Å². The zero-order valence-corrected chi connectivity index (χ0v) is 4.22. The molecule has 0 aliphatic heterocycles. The van der Waals surface area contributed by atoms with Gasteiger partial charge in [0, 0.05) is 0 Å². The van der Waals surface area contributed by atoms with Crippen LogP contribution < -0.4 is 0 Å². The highest BCUT2D eigenvalue weighted by atomic mass is 16.3. The average molecular weight is 97.1 g/mol. The first-order valence-corrected chi connectivity index (χ1v) is 1.97. The van der Waals surface area contributed by atoms with E-state index in [0.29, 0.717) is 0 Å². The van der Waals surface area contributed by atoms with Crippen LogP contribution in [0.15, 0.2) is 25.3 Å². The quantitative estimate of drug-likeness (QED) is 0.508. The molecule has 0 heterocycles. The Hall–Kier alpha value is -0.560.